The van der Waals surface area contributed by atoms with Crippen molar-refractivity contribution >= 4 is 40.0 Å². The van der Waals surface area contributed by atoms with E-state index < -0.39 is 10.1 Å². The van der Waals surface area contributed by atoms with Gasteiger partial charge in [0.15, 0.2) is 4.84 Å². The van der Waals surface area contributed by atoms with E-state index in [4.69, 9.17) is 34.8 Å². The van der Waals surface area contributed by atoms with Crippen molar-refractivity contribution in [3.05, 3.63) is 0 Å². The van der Waals surface area contributed by atoms with E-state index in [2.05, 4.69) is 0 Å². The molecule has 0 saturated carbocycles. The fourth-order valence-electron chi connectivity index (χ4n) is 0. The molecule has 0 saturated heterocycles. The molecule has 0 radical (unpaired) electrons. The maximum absolute atomic E-state index is 9.65. The van der Waals surface area contributed by atoms with Gasteiger partial charge in [-0.05, 0) is 11.6 Å². The number of carbonyl (C=O) groups excluding carboxylic acids is 1. The van der Waals surface area contributed by atoms with Gasteiger partial charge in [-0.1, -0.05) is 23.2 Å². The van der Waals surface area contributed by atoms with Crippen LogP contribution in [0.3, 0.4) is 0 Å². The largest absolute Gasteiger partial charge is 0.278 e. The number of rotatable bonds is 1. The molecule has 0 rings (SSSR count). The minimum atomic E-state index is -1.08. The summed E-state index contributed by atoms with van der Waals surface area (Å²) in [4.78, 5) is 8.57. The second-order valence-corrected chi connectivity index (χ2v) is 2.07. The first kappa shape index (κ1) is 6.54. The van der Waals surface area contributed by atoms with Crippen LogP contribution in [0.4, 0.5) is 0 Å². The van der Waals surface area contributed by atoms with Crippen LogP contribution < -0.4 is 0 Å². The van der Waals surface area contributed by atoms with Gasteiger partial charge in [0.1, 0.15) is 0 Å². The first-order chi connectivity index (χ1) is 2.64. The van der Waals surface area contributed by atoms with Crippen LogP contribution in [0.25, 0.3) is 0 Å². The Bertz CT molecular complexity index is 59.8. The Kier molecular flexibility index (Phi) is 2.91. The molecule has 0 spiro atoms. The Morgan fingerprint density at radius 1 is 1.50 bits per heavy atom. The van der Waals surface area contributed by atoms with E-state index in [1.165, 1.54) is 0 Å². The highest BCUT2D eigenvalue weighted by molar-refractivity contribution is 6.75. The summed E-state index contributed by atoms with van der Waals surface area (Å²) in [5.74, 6) is 0. The number of hydrogen-bond acceptors (Lipinski definition) is 1. The Hall–Kier alpha value is 0.540. The zero-order valence-electron chi connectivity index (χ0n) is 2.62. The summed E-state index contributed by atoms with van der Waals surface area (Å²) in [6.45, 7) is 0. The summed E-state index contributed by atoms with van der Waals surface area (Å²) in [5, 5.41) is -0.738. The van der Waals surface area contributed by atoms with E-state index in [9.17, 15) is 4.79 Å². The Morgan fingerprint density at radius 3 is 1.67 bits per heavy atom. The summed E-state index contributed by atoms with van der Waals surface area (Å²) >= 11 is 14.5. The van der Waals surface area contributed by atoms with Crippen molar-refractivity contribution in [2.45, 2.75) is 4.84 Å². The van der Waals surface area contributed by atoms with E-state index in [1.54, 1.807) is 0 Å². The molecule has 0 aromatic carbocycles. The lowest BCUT2D eigenvalue weighted by atomic mass is 11.9. The molecule has 0 aliphatic rings. The molecule has 6 heavy (non-hydrogen) atoms. The highest BCUT2D eigenvalue weighted by Gasteiger charge is 2.04. The summed E-state index contributed by atoms with van der Waals surface area (Å²) in [6.07, 6.45) is 0. The summed E-state index contributed by atoms with van der Waals surface area (Å²) in [5.41, 5.74) is 0. The van der Waals surface area contributed by atoms with Crippen LogP contribution in [0.5, 0.6) is 0 Å². The molecule has 0 fully saturated rings. The van der Waals surface area contributed by atoms with Gasteiger partial charge >= 0.3 is 0 Å². The first-order valence-electron chi connectivity index (χ1n) is 1.12. The fourth-order valence-corrected chi connectivity index (χ4v) is 0. The zero-order chi connectivity index (χ0) is 5.15. The highest BCUT2D eigenvalue weighted by atomic mass is 35.5. The molecular formula is C2HCl3O. The van der Waals surface area contributed by atoms with Gasteiger partial charge in [0.25, 0.3) is 5.24 Å². The van der Waals surface area contributed by atoms with Gasteiger partial charge in [0.2, 0.25) is 0 Å². The van der Waals surface area contributed by atoms with Crippen LogP contribution in [0.15, 0.2) is 0 Å². The topological polar surface area (TPSA) is 17.1 Å². The molecule has 0 aliphatic heterocycles. The molecular weight excluding hydrogens is 148 g/mol. The van der Waals surface area contributed by atoms with E-state index in [1.807, 2.05) is 0 Å². The lowest BCUT2D eigenvalue weighted by Gasteiger charge is -1.82. The summed E-state index contributed by atoms with van der Waals surface area (Å²) in [7, 11) is 0. The van der Waals surface area contributed by atoms with Gasteiger partial charge in [0, 0.05) is 0 Å². The fraction of sp³-hybridized carbons (Fsp3) is 0.500. The van der Waals surface area contributed by atoms with Gasteiger partial charge in [-0.25, -0.2) is 0 Å². The Labute approximate surface area is 50.2 Å². The molecule has 0 N–H and O–H groups in total. The SMILES string of the molecule is O=[13C](Cl)[13CH](Cl)Cl. The normalized spacial score (nSPS) is 9.33. The Morgan fingerprint density at radius 2 is 1.67 bits per heavy atom. The van der Waals surface area contributed by atoms with Crippen molar-refractivity contribution in [1.82, 2.24) is 0 Å². The molecule has 4 heteroatoms. The monoisotopic (exact) mass is 148 g/mol. The predicted octanol–water partition coefficient (Wildman–Crippen LogP) is 1.56. The van der Waals surface area contributed by atoms with E-state index in [0.717, 1.165) is 0 Å². The van der Waals surface area contributed by atoms with Crippen molar-refractivity contribution in [2.75, 3.05) is 0 Å². The smallest absolute Gasteiger partial charge is 0.254 e. The van der Waals surface area contributed by atoms with Crippen LogP contribution in [-0.2, 0) is 4.79 Å². The van der Waals surface area contributed by atoms with Crippen LogP contribution in [0.2, 0.25) is 0 Å². The molecule has 0 atom stereocenters. The number of halogens is 3. The predicted molar refractivity (Wildman–Crippen MR) is 26.4 cm³/mol. The second-order valence-electron chi connectivity index (χ2n) is 0.605. The quantitative estimate of drug-likeness (QED) is 0.314. The molecule has 0 aliphatic carbocycles. The zero-order valence-corrected chi connectivity index (χ0v) is 4.89. The first-order valence-corrected chi connectivity index (χ1v) is 2.37. The van der Waals surface area contributed by atoms with Crippen LogP contribution >= 0.6 is 34.8 Å². The maximum atomic E-state index is 9.65. The van der Waals surface area contributed by atoms with Crippen molar-refractivity contribution in [3.8, 4) is 0 Å². The van der Waals surface area contributed by atoms with Crippen LogP contribution in [0.1, 0.15) is 0 Å². The van der Waals surface area contributed by atoms with Crippen molar-refractivity contribution in [1.29, 1.82) is 0 Å². The second kappa shape index (κ2) is 2.67. The molecule has 0 aromatic heterocycles. The van der Waals surface area contributed by atoms with Crippen LogP contribution in [-0.4, -0.2) is 10.1 Å². The Balaban J connectivity index is 3.26. The average molecular weight is 149 g/mol. The molecule has 0 bridgehead atoms. The molecule has 36 valence electrons. The van der Waals surface area contributed by atoms with Gasteiger partial charge in [-0.15, -0.1) is 0 Å². The van der Waals surface area contributed by atoms with Gasteiger partial charge in [-0.3, -0.25) is 4.79 Å². The molecule has 1 nitrogen and oxygen atoms in total. The van der Waals surface area contributed by atoms with E-state index in [0.29, 0.717) is 0 Å². The third kappa shape index (κ3) is 2.76. The summed E-state index contributed by atoms with van der Waals surface area (Å²) in [6, 6.07) is 0. The summed E-state index contributed by atoms with van der Waals surface area (Å²) < 4.78 is 0. The maximum Gasteiger partial charge on any atom is 0.254 e. The van der Waals surface area contributed by atoms with Crippen molar-refractivity contribution in [3.63, 3.8) is 0 Å². The van der Waals surface area contributed by atoms with Gasteiger partial charge in [0.05, 0.1) is 0 Å². The standard InChI is InChI=1S/C2HCl3O/c3-1(4)2(5)6/h1H/i1+1,2+1. The van der Waals surface area contributed by atoms with Crippen molar-refractivity contribution in [2.24, 2.45) is 0 Å². The van der Waals surface area contributed by atoms with Crippen LogP contribution in [0, 0.1) is 0 Å². The van der Waals surface area contributed by atoms with E-state index in [-0.39, 0.29) is 0 Å². The van der Waals surface area contributed by atoms with Crippen molar-refractivity contribution < 1.29 is 4.79 Å². The van der Waals surface area contributed by atoms with Gasteiger partial charge < -0.3 is 0 Å². The molecule has 0 aromatic rings. The minimum Gasteiger partial charge on any atom is -0.278 e. The highest BCUT2D eigenvalue weighted by Crippen LogP contribution is 2.03. The number of hydrogen-bond donors (Lipinski definition) is 0. The molecule has 0 amide bonds. The number of carbonyl (C=O) groups is 1. The third-order valence-electron chi connectivity index (χ3n) is 0.172. The average Bonchev–Trinajstić information content (AvgIpc) is 1.36. The molecule has 0 heterocycles. The lowest BCUT2D eigenvalue weighted by Crippen LogP contribution is -1.95. The number of alkyl halides is 2. The van der Waals surface area contributed by atoms with Gasteiger partial charge in [-0.2, -0.15) is 0 Å². The van der Waals surface area contributed by atoms with E-state index >= 15 is 0 Å². The molecule has 0 unspecified atom stereocenters. The third-order valence-corrected chi connectivity index (χ3v) is 1.01. The minimum absolute atomic E-state index is 0.738. The lowest BCUT2D eigenvalue weighted by molar-refractivity contribution is -0.110.